The van der Waals surface area contributed by atoms with E-state index in [2.05, 4.69) is 5.32 Å². The van der Waals surface area contributed by atoms with Crippen molar-refractivity contribution in [1.82, 2.24) is 5.32 Å². The molecular weight excluding hydrogens is 270 g/mol. The molecule has 0 spiro atoms. The van der Waals surface area contributed by atoms with Crippen LogP contribution < -0.4 is 5.32 Å². The summed E-state index contributed by atoms with van der Waals surface area (Å²) in [6.07, 6.45) is -2.78. The van der Waals surface area contributed by atoms with Gasteiger partial charge in [-0.25, -0.2) is 4.79 Å². The zero-order valence-corrected chi connectivity index (χ0v) is 11.5. The van der Waals surface area contributed by atoms with E-state index in [-0.39, 0.29) is 12.6 Å². The van der Waals surface area contributed by atoms with E-state index in [4.69, 9.17) is 23.7 Å². The summed E-state index contributed by atoms with van der Waals surface area (Å²) < 4.78 is 27.2. The highest BCUT2D eigenvalue weighted by atomic mass is 16.8. The first-order valence-electron chi connectivity index (χ1n) is 6.47. The molecule has 20 heavy (non-hydrogen) atoms. The highest BCUT2D eigenvalue weighted by Gasteiger charge is 2.59. The Labute approximate surface area is 115 Å². The second kappa shape index (κ2) is 4.57. The number of rotatable bonds is 2. The van der Waals surface area contributed by atoms with Gasteiger partial charge in [0, 0.05) is 6.92 Å². The van der Waals surface area contributed by atoms with Crippen molar-refractivity contribution in [1.29, 1.82) is 0 Å². The molecule has 3 heterocycles. The van der Waals surface area contributed by atoms with Crippen LogP contribution in [0.5, 0.6) is 0 Å². The van der Waals surface area contributed by atoms with Gasteiger partial charge in [0.15, 0.2) is 11.9 Å². The first kappa shape index (κ1) is 13.6. The Balaban J connectivity index is 1.78. The molecule has 3 rings (SSSR count). The minimum absolute atomic E-state index is 0.184. The molecule has 8 nitrogen and oxygen atoms in total. The largest absolute Gasteiger partial charge is 0.447 e. The van der Waals surface area contributed by atoms with Gasteiger partial charge >= 0.3 is 12.1 Å². The molecule has 3 saturated heterocycles. The average Bonchev–Trinajstić information content (AvgIpc) is 2.94. The topological polar surface area (TPSA) is 92.3 Å². The smallest absolute Gasteiger partial charge is 0.407 e. The van der Waals surface area contributed by atoms with Crippen molar-refractivity contribution in [2.24, 2.45) is 0 Å². The predicted molar refractivity (Wildman–Crippen MR) is 62.5 cm³/mol. The zero-order valence-electron chi connectivity index (χ0n) is 11.5. The Morgan fingerprint density at radius 1 is 1.30 bits per heavy atom. The summed E-state index contributed by atoms with van der Waals surface area (Å²) in [5, 5.41) is 2.65. The first-order chi connectivity index (χ1) is 9.35. The normalized spacial score (nSPS) is 42.0. The summed E-state index contributed by atoms with van der Waals surface area (Å²) in [4.78, 5) is 22.3. The maximum absolute atomic E-state index is 11.1. The van der Waals surface area contributed by atoms with Gasteiger partial charge in [0.2, 0.25) is 6.29 Å². The number of fused-ring (bicyclic) bond motifs is 1. The Hall–Kier alpha value is -1.38. The summed E-state index contributed by atoms with van der Waals surface area (Å²) in [6.45, 7) is 5.03. The van der Waals surface area contributed by atoms with Gasteiger partial charge in [-0.3, -0.25) is 4.79 Å². The van der Waals surface area contributed by atoms with Crippen molar-refractivity contribution in [2.75, 3.05) is 6.61 Å². The van der Waals surface area contributed by atoms with E-state index < -0.39 is 42.5 Å². The highest BCUT2D eigenvalue weighted by Crippen LogP contribution is 2.40. The molecule has 0 bridgehead atoms. The summed E-state index contributed by atoms with van der Waals surface area (Å²) in [6, 6.07) is -0.354. The van der Waals surface area contributed by atoms with Crippen molar-refractivity contribution in [3.63, 3.8) is 0 Å². The van der Waals surface area contributed by atoms with Gasteiger partial charge in [0.05, 0.1) is 6.04 Å². The molecule has 1 amide bonds. The summed E-state index contributed by atoms with van der Waals surface area (Å²) >= 11 is 0. The third-order valence-electron chi connectivity index (χ3n) is 3.42. The van der Waals surface area contributed by atoms with E-state index in [1.54, 1.807) is 13.8 Å². The van der Waals surface area contributed by atoms with Crippen LogP contribution in [0.4, 0.5) is 4.79 Å². The third-order valence-corrected chi connectivity index (χ3v) is 3.42. The van der Waals surface area contributed by atoms with E-state index in [0.29, 0.717) is 0 Å². The van der Waals surface area contributed by atoms with Gasteiger partial charge in [0.1, 0.15) is 18.8 Å². The number of alkyl carbamates (subject to hydrolysis) is 1. The van der Waals surface area contributed by atoms with Crippen LogP contribution in [0, 0.1) is 0 Å². The maximum Gasteiger partial charge on any atom is 0.407 e. The molecule has 3 fully saturated rings. The van der Waals surface area contributed by atoms with Gasteiger partial charge in [-0.05, 0) is 13.8 Å². The number of ether oxygens (including phenoxy) is 5. The fourth-order valence-electron chi connectivity index (χ4n) is 2.75. The van der Waals surface area contributed by atoms with Crippen LogP contribution in [0.1, 0.15) is 20.8 Å². The zero-order chi connectivity index (χ0) is 14.5. The minimum atomic E-state index is -0.846. The monoisotopic (exact) mass is 287 g/mol. The molecule has 0 unspecified atom stereocenters. The van der Waals surface area contributed by atoms with Crippen LogP contribution in [-0.4, -0.2) is 55.1 Å². The van der Waals surface area contributed by atoms with Crippen LogP contribution in [-0.2, 0) is 28.5 Å². The number of amides is 1. The van der Waals surface area contributed by atoms with Crippen molar-refractivity contribution in [3.05, 3.63) is 0 Å². The van der Waals surface area contributed by atoms with Gasteiger partial charge in [0.25, 0.3) is 0 Å². The fourth-order valence-corrected chi connectivity index (χ4v) is 2.75. The number of esters is 1. The molecule has 3 aliphatic heterocycles. The van der Waals surface area contributed by atoms with Crippen molar-refractivity contribution in [2.45, 2.75) is 57.2 Å². The van der Waals surface area contributed by atoms with Crippen LogP contribution in [0.25, 0.3) is 0 Å². The molecule has 8 heteroatoms. The van der Waals surface area contributed by atoms with Crippen molar-refractivity contribution >= 4 is 12.1 Å². The number of hydrogen-bond acceptors (Lipinski definition) is 7. The van der Waals surface area contributed by atoms with E-state index in [0.717, 1.165) is 0 Å². The molecular formula is C12H17NO7. The lowest BCUT2D eigenvalue weighted by molar-refractivity contribution is -0.233. The average molecular weight is 287 g/mol. The molecule has 0 radical (unpaired) electrons. The van der Waals surface area contributed by atoms with Gasteiger partial charge in [-0.15, -0.1) is 0 Å². The second-order valence-corrected chi connectivity index (χ2v) is 5.49. The number of nitrogens with one attached hydrogen (secondary N) is 1. The molecule has 5 atom stereocenters. The van der Waals surface area contributed by atoms with E-state index in [1.165, 1.54) is 6.92 Å². The van der Waals surface area contributed by atoms with Gasteiger partial charge in [-0.2, -0.15) is 0 Å². The molecule has 3 aliphatic rings. The highest BCUT2D eigenvalue weighted by molar-refractivity contribution is 5.69. The lowest BCUT2D eigenvalue weighted by atomic mass is 10.1. The number of hydrogen-bond donors (Lipinski definition) is 1. The van der Waals surface area contributed by atoms with Crippen molar-refractivity contribution in [3.8, 4) is 0 Å². The van der Waals surface area contributed by atoms with Gasteiger partial charge < -0.3 is 29.0 Å². The lowest BCUT2D eigenvalue weighted by Crippen LogP contribution is -2.45. The van der Waals surface area contributed by atoms with Crippen LogP contribution in [0.2, 0.25) is 0 Å². The quantitative estimate of drug-likeness (QED) is 0.709. The van der Waals surface area contributed by atoms with Crippen LogP contribution in [0.3, 0.4) is 0 Å². The lowest BCUT2D eigenvalue weighted by Gasteiger charge is -2.25. The molecule has 0 saturated carbocycles. The standard InChI is InChI=1S/C12H17NO7/c1-5(14)17-10-9-8(19-12(2,3)20-9)7(18-10)6-4-16-11(15)13-6/h6-10H,4H2,1-3H3,(H,13,15)/t6-,7+,8-,9-,10-/m0/s1. The molecule has 0 aromatic heterocycles. The van der Waals surface area contributed by atoms with E-state index in [1.807, 2.05) is 0 Å². The number of carbonyl (C=O) groups excluding carboxylic acids is 2. The Morgan fingerprint density at radius 3 is 2.60 bits per heavy atom. The summed E-state index contributed by atoms with van der Waals surface area (Å²) in [7, 11) is 0. The number of carbonyl (C=O) groups is 2. The third kappa shape index (κ3) is 2.34. The summed E-state index contributed by atoms with van der Waals surface area (Å²) in [5.41, 5.74) is 0. The van der Waals surface area contributed by atoms with Crippen molar-refractivity contribution < 1.29 is 33.3 Å². The molecule has 0 aliphatic carbocycles. The van der Waals surface area contributed by atoms with Crippen LogP contribution >= 0.6 is 0 Å². The number of cyclic esters (lactones) is 1. The predicted octanol–water partition coefficient (Wildman–Crippen LogP) is -0.0971. The maximum atomic E-state index is 11.1. The summed E-state index contributed by atoms with van der Waals surface area (Å²) in [5.74, 6) is -1.26. The van der Waals surface area contributed by atoms with E-state index >= 15 is 0 Å². The molecule has 112 valence electrons. The SMILES string of the molecule is CC(=O)O[C@H]1O[C@H]([C@@H]2COC(=O)N2)[C@@H]2OC(C)(C)O[C@H]12. The minimum Gasteiger partial charge on any atom is -0.447 e. The van der Waals surface area contributed by atoms with Gasteiger partial charge in [-0.1, -0.05) is 0 Å². The molecule has 1 N–H and O–H groups in total. The molecule has 0 aromatic carbocycles. The Morgan fingerprint density at radius 2 is 2.00 bits per heavy atom. The Bertz CT molecular complexity index is 438. The van der Waals surface area contributed by atoms with Crippen LogP contribution in [0.15, 0.2) is 0 Å². The first-order valence-corrected chi connectivity index (χ1v) is 6.47. The molecule has 0 aromatic rings. The fraction of sp³-hybridized carbons (Fsp3) is 0.833. The Kier molecular flexibility index (Phi) is 3.11. The second-order valence-electron chi connectivity index (χ2n) is 5.49. The van der Waals surface area contributed by atoms with E-state index in [9.17, 15) is 9.59 Å².